The number of pyridine rings is 1. The van der Waals surface area contributed by atoms with Crippen LogP contribution >= 0.6 is 0 Å². The summed E-state index contributed by atoms with van der Waals surface area (Å²) >= 11 is 0. The molecule has 1 aliphatic rings. The number of hydrogen-bond acceptors (Lipinski definition) is 6. The predicted octanol–water partition coefficient (Wildman–Crippen LogP) is 0.979. The van der Waals surface area contributed by atoms with Gasteiger partial charge >= 0.3 is 6.09 Å². The van der Waals surface area contributed by atoms with E-state index in [2.05, 4.69) is 10.3 Å². The molecular formula is C12H15N3O5. The first-order valence-corrected chi connectivity index (χ1v) is 6.02. The molecule has 0 fully saturated rings. The first kappa shape index (κ1) is 14.1. The van der Waals surface area contributed by atoms with Crippen molar-refractivity contribution in [3.8, 4) is 5.75 Å². The molecule has 0 atom stereocenters. The van der Waals surface area contributed by atoms with Gasteiger partial charge in [0.1, 0.15) is 12.5 Å². The van der Waals surface area contributed by atoms with E-state index in [1.54, 1.807) is 19.1 Å². The highest BCUT2D eigenvalue weighted by atomic mass is 16.5. The second kappa shape index (κ2) is 6.20. The van der Waals surface area contributed by atoms with Crippen molar-refractivity contribution in [3.05, 3.63) is 12.1 Å². The van der Waals surface area contributed by atoms with Gasteiger partial charge in [-0.2, -0.15) is 0 Å². The van der Waals surface area contributed by atoms with Crippen molar-refractivity contribution < 1.29 is 23.8 Å². The number of fused-ring (bicyclic) bond motifs is 1. The number of nitrogens with zero attached hydrogens (tertiary/aromatic N) is 2. The van der Waals surface area contributed by atoms with E-state index in [1.807, 2.05) is 0 Å². The van der Waals surface area contributed by atoms with Gasteiger partial charge in [-0.05, 0) is 19.1 Å². The van der Waals surface area contributed by atoms with Crippen molar-refractivity contribution in [1.82, 2.24) is 4.98 Å². The van der Waals surface area contributed by atoms with E-state index in [0.717, 1.165) is 0 Å². The minimum absolute atomic E-state index is 0.0606. The summed E-state index contributed by atoms with van der Waals surface area (Å²) in [6.45, 7) is 1.95. The number of anilines is 2. The van der Waals surface area contributed by atoms with Gasteiger partial charge in [-0.3, -0.25) is 15.0 Å². The normalized spacial score (nSPS) is 13.5. The zero-order valence-electron chi connectivity index (χ0n) is 11.2. The molecule has 2 amide bonds. The maximum atomic E-state index is 11.8. The molecule has 1 N–H and O–H groups in total. The Balaban J connectivity index is 2.23. The van der Waals surface area contributed by atoms with Crippen molar-refractivity contribution >= 4 is 23.6 Å². The molecule has 1 aliphatic heterocycles. The van der Waals surface area contributed by atoms with Crippen molar-refractivity contribution in [1.29, 1.82) is 0 Å². The van der Waals surface area contributed by atoms with Crippen molar-refractivity contribution in [3.63, 3.8) is 0 Å². The van der Waals surface area contributed by atoms with Crippen molar-refractivity contribution in [2.45, 2.75) is 6.92 Å². The third-order valence-corrected chi connectivity index (χ3v) is 2.51. The number of carbonyl (C=O) groups excluding carboxylic acids is 2. The quantitative estimate of drug-likeness (QED) is 0.884. The molecule has 0 saturated carbocycles. The van der Waals surface area contributed by atoms with Crippen LogP contribution in [0.1, 0.15) is 6.92 Å². The molecule has 0 saturated heterocycles. The topological polar surface area (TPSA) is 90.0 Å². The van der Waals surface area contributed by atoms with E-state index in [9.17, 15) is 9.59 Å². The maximum Gasteiger partial charge on any atom is 0.412 e. The Morgan fingerprint density at radius 3 is 3.05 bits per heavy atom. The zero-order valence-corrected chi connectivity index (χ0v) is 11.2. The lowest BCUT2D eigenvalue weighted by molar-refractivity contribution is -0.122. The van der Waals surface area contributed by atoms with Gasteiger partial charge in [0.2, 0.25) is 0 Å². The summed E-state index contributed by atoms with van der Waals surface area (Å²) in [6.07, 6.45) is -0.610. The van der Waals surface area contributed by atoms with Gasteiger partial charge in [0, 0.05) is 7.11 Å². The number of carbonyl (C=O) groups is 2. The van der Waals surface area contributed by atoms with Gasteiger partial charge in [0.05, 0.1) is 6.61 Å². The van der Waals surface area contributed by atoms with Crippen molar-refractivity contribution in [2.75, 3.05) is 37.3 Å². The van der Waals surface area contributed by atoms with Crippen LogP contribution in [0.4, 0.5) is 16.4 Å². The van der Waals surface area contributed by atoms with Crippen LogP contribution in [-0.2, 0) is 14.3 Å². The third-order valence-electron chi connectivity index (χ3n) is 2.51. The molecular weight excluding hydrogens is 266 g/mol. The number of ether oxygens (including phenoxy) is 3. The molecule has 0 bridgehead atoms. The number of nitrogens with one attached hydrogen (secondary N) is 1. The molecule has 0 radical (unpaired) electrons. The van der Waals surface area contributed by atoms with E-state index in [4.69, 9.17) is 14.2 Å². The standard InChI is InChI=1S/C12H15N3O5/c1-3-19-12(17)14-9-5-4-8-11(13-9)15(7-18-2)10(16)6-20-8/h4-5H,3,6-7H2,1-2H3,(H,13,14,17). The average Bonchev–Trinajstić information content (AvgIpc) is 2.42. The summed E-state index contributed by atoms with van der Waals surface area (Å²) in [5.41, 5.74) is 0. The Kier molecular flexibility index (Phi) is 4.36. The van der Waals surface area contributed by atoms with E-state index < -0.39 is 6.09 Å². The van der Waals surface area contributed by atoms with E-state index in [-0.39, 0.29) is 31.7 Å². The SMILES string of the molecule is CCOC(=O)Nc1ccc2c(n1)N(COC)C(=O)CO2. The Bertz CT molecular complexity index is 520. The zero-order chi connectivity index (χ0) is 14.5. The second-order valence-corrected chi connectivity index (χ2v) is 3.89. The molecule has 0 unspecified atom stereocenters. The number of rotatable bonds is 4. The second-order valence-electron chi connectivity index (χ2n) is 3.89. The summed E-state index contributed by atoms with van der Waals surface area (Å²) in [5, 5.41) is 2.46. The van der Waals surface area contributed by atoms with Crippen LogP contribution < -0.4 is 15.0 Å². The van der Waals surface area contributed by atoms with E-state index >= 15 is 0 Å². The number of hydrogen-bond donors (Lipinski definition) is 1. The summed E-state index contributed by atoms with van der Waals surface area (Å²) < 4.78 is 15.0. The molecule has 8 nitrogen and oxygen atoms in total. The lowest BCUT2D eigenvalue weighted by Crippen LogP contribution is -2.40. The molecule has 8 heteroatoms. The molecule has 20 heavy (non-hydrogen) atoms. The molecule has 0 aromatic carbocycles. The minimum atomic E-state index is -0.610. The van der Waals surface area contributed by atoms with Gasteiger partial charge in [-0.25, -0.2) is 9.78 Å². The fourth-order valence-corrected chi connectivity index (χ4v) is 1.68. The summed E-state index contributed by atoms with van der Waals surface area (Å²) in [6, 6.07) is 3.19. The van der Waals surface area contributed by atoms with Crippen LogP contribution in [0.5, 0.6) is 5.75 Å². The molecule has 2 heterocycles. The van der Waals surface area contributed by atoms with Crippen molar-refractivity contribution in [2.24, 2.45) is 0 Å². The van der Waals surface area contributed by atoms with Crippen LogP contribution in [-0.4, -0.2) is 44.0 Å². The van der Waals surface area contributed by atoms with E-state index in [0.29, 0.717) is 11.6 Å². The maximum absolute atomic E-state index is 11.8. The fraction of sp³-hybridized carbons (Fsp3) is 0.417. The van der Waals surface area contributed by atoms with Gasteiger partial charge < -0.3 is 14.2 Å². The Morgan fingerprint density at radius 1 is 1.55 bits per heavy atom. The van der Waals surface area contributed by atoms with Gasteiger partial charge in [-0.1, -0.05) is 0 Å². The third kappa shape index (κ3) is 2.97. The summed E-state index contributed by atoms with van der Waals surface area (Å²) in [5.74, 6) is 0.759. The highest BCUT2D eigenvalue weighted by Crippen LogP contribution is 2.31. The Morgan fingerprint density at radius 2 is 2.35 bits per heavy atom. The van der Waals surface area contributed by atoms with E-state index in [1.165, 1.54) is 12.0 Å². The lowest BCUT2D eigenvalue weighted by Gasteiger charge is -2.27. The Labute approximate surface area is 115 Å². The van der Waals surface area contributed by atoms with Gasteiger partial charge in [0.25, 0.3) is 5.91 Å². The first-order valence-electron chi connectivity index (χ1n) is 6.02. The molecule has 1 aromatic rings. The number of aromatic nitrogens is 1. The summed E-state index contributed by atoms with van der Waals surface area (Å²) in [7, 11) is 1.48. The Hall–Kier alpha value is -2.35. The minimum Gasteiger partial charge on any atom is -0.480 e. The number of amides is 2. The first-order chi connectivity index (χ1) is 9.65. The lowest BCUT2D eigenvalue weighted by atomic mass is 10.3. The van der Waals surface area contributed by atoms with Gasteiger partial charge in [0.15, 0.2) is 18.2 Å². The predicted molar refractivity (Wildman–Crippen MR) is 69.7 cm³/mol. The highest BCUT2D eigenvalue weighted by Gasteiger charge is 2.27. The molecule has 1 aromatic heterocycles. The fourth-order valence-electron chi connectivity index (χ4n) is 1.68. The molecule has 0 spiro atoms. The molecule has 108 valence electrons. The summed E-state index contributed by atoms with van der Waals surface area (Å²) in [4.78, 5) is 28.6. The van der Waals surface area contributed by atoms with Crippen LogP contribution in [0.25, 0.3) is 0 Å². The van der Waals surface area contributed by atoms with Crippen LogP contribution in [0, 0.1) is 0 Å². The smallest absolute Gasteiger partial charge is 0.412 e. The molecule has 0 aliphatic carbocycles. The van der Waals surface area contributed by atoms with Crippen LogP contribution in [0.15, 0.2) is 12.1 Å². The largest absolute Gasteiger partial charge is 0.480 e. The number of methoxy groups -OCH3 is 1. The monoisotopic (exact) mass is 281 g/mol. The van der Waals surface area contributed by atoms with Crippen LogP contribution in [0.3, 0.4) is 0 Å². The van der Waals surface area contributed by atoms with Crippen LogP contribution in [0.2, 0.25) is 0 Å². The van der Waals surface area contributed by atoms with Gasteiger partial charge in [-0.15, -0.1) is 0 Å². The average molecular weight is 281 g/mol. The highest BCUT2D eigenvalue weighted by molar-refractivity contribution is 5.97. The molecule has 2 rings (SSSR count).